The predicted molar refractivity (Wildman–Crippen MR) is 123 cm³/mol. The molecule has 1 amide bonds. The summed E-state index contributed by atoms with van der Waals surface area (Å²) in [5.74, 6) is -1.27. The summed E-state index contributed by atoms with van der Waals surface area (Å²) in [4.78, 5) is 39.8. The van der Waals surface area contributed by atoms with Gasteiger partial charge >= 0.3 is 17.8 Å². The third kappa shape index (κ3) is 4.18. The van der Waals surface area contributed by atoms with Crippen LogP contribution in [0, 0.1) is 0 Å². The van der Waals surface area contributed by atoms with Crippen LogP contribution in [0.15, 0.2) is 29.2 Å². The number of nitrogens with zero attached hydrogens (tertiary/aromatic N) is 5. The van der Waals surface area contributed by atoms with Crippen LogP contribution in [0.25, 0.3) is 16.6 Å². The van der Waals surface area contributed by atoms with Crippen molar-refractivity contribution in [2.45, 2.75) is 72.0 Å². The van der Waals surface area contributed by atoms with Crippen molar-refractivity contribution in [2.24, 2.45) is 0 Å². The Hall–Kier alpha value is -3.60. The van der Waals surface area contributed by atoms with E-state index in [0.717, 1.165) is 10.1 Å². The number of ether oxygens (including phenoxy) is 1. The number of benzene rings is 1. The minimum Gasteiger partial charge on any atom is -0.477 e. The maximum Gasteiger partial charge on any atom is 0.410 e. The van der Waals surface area contributed by atoms with Gasteiger partial charge in [-0.1, -0.05) is 0 Å². The van der Waals surface area contributed by atoms with Crippen molar-refractivity contribution in [1.82, 2.24) is 23.8 Å². The molecule has 3 aromatic rings. The second-order valence-electron chi connectivity index (χ2n) is 9.71. The molecule has 0 bridgehead atoms. The zero-order valence-electron chi connectivity index (χ0n) is 19.8. The second kappa shape index (κ2) is 8.32. The van der Waals surface area contributed by atoms with Gasteiger partial charge in [-0.05, 0) is 52.8 Å². The monoisotopic (exact) mass is 471 g/mol. The summed E-state index contributed by atoms with van der Waals surface area (Å²) in [7, 11) is 0. The van der Waals surface area contributed by atoms with Crippen LogP contribution in [0.1, 0.15) is 50.8 Å². The summed E-state index contributed by atoms with van der Waals surface area (Å²) >= 11 is 0. The van der Waals surface area contributed by atoms with Crippen LogP contribution in [0.4, 0.5) is 4.79 Å². The SMILES string of the molecule is CC1Cn2c(c(C(=O)O)n(-c3ccc4c(cnn4C[C@H](C)O)c3)c2=O)CN1C(=O)OC(C)(C)C. The molecule has 1 aliphatic heterocycles. The smallest absolute Gasteiger partial charge is 0.410 e. The van der Waals surface area contributed by atoms with Crippen LogP contribution in [0.5, 0.6) is 0 Å². The van der Waals surface area contributed by atoms with E-state index in [9.17, 15) is 24.6 Å². The molecule has 1 aliphatic rings. The fourth-order valence-corrected chi connectivity index (χ4v) is 4.25. The maximum absolute atomic E-state index is 13.4. The van der Waals surface area contributed by atoms with Crippen molar-refractivity contribution in [3.63, 3.8) is 0 Å². The topological polar surface area (TPSA) is 132 Å². The minimum absolute atomic E-state index is 0.0610. The number of carbonyl (C=O) groups is 2. The maximum atomic E-state index is 13.4. The number of aliphatic hydroxyl groups excluding tert-OH is 1. The Labute approximate surface area is 195 Å². The summed E-state index contributed by atoms with van der Waals surface area (Å²) in [5, 5.41) is 24.7. The molecule has 4 rings (SSSR count). The van der Waals surface area contributed by atoms with Gasteiger partial charge in [-0.15, -0.1) is 0 Å². The molecule has 3 heterocycles. The number of imidazole rings is 1. The Morgan fingerprint density at radius 3 is 2.62 bits per heavy atom. The molecule has 0 spiro atoms. The summed E-state index contributed by atoms with van der Waals surface area (Å²) < 4.78 is 9.70. The lowest BCUT2D eigenvalue weighted by atomic mass is 10.1. The highest BCUT2D eigenvalue weighted by atomic mass is 16.6. The molecule has 0 fully saturated rings. The Morgan fingerprint density at radius 1 is 1.29 bits per heavy atom. The standard InChI is InChI=1S/C23H29N5O6/c1-13-10-26-18(12-25(13)22(33)34-23(3,4)5)19(20(30)31)28(21(26)32)16-6-7-17-15(8-16)9-24-27(17)11-14(2)29/h6-9,13-14,29H,10-12H2,1-5H3,(H,30,31)/t13?,14-/m0/s1. The molecular weight excluding hydrogens is 442 g/mol. The number of rotatable bonds is 4. The average molecular weight is 472 g/mol. The van der Waals surface area contributed by atoms with E-state index in [-0.39, 0.29) is 30.5 Å². The van der Waals surface area contributed by atoms with Gasteiger partial charge in [0.05, 0.1) is 48.3 Å². The molecule has 182 valence electrons. The van der Waals surface area contributed by atoms with Gasteiger partial charge in [0.25, 0.3) is 0 Å². The van der Waals surface area contributed by atoms with Gasteiger partial charge < -0.3 is 14.9 Å². The van der Waals surface area contributed by atoms with Crippen LogP contribution >= 0.6 is 0 Å². The van der Waals surface area contributed by atoms with Gasteiger partial charge in [0.15, 0.2) is 5.69 Å². The van der Waals surface area contributed by atoms with Crippen LogP contribution in [-0.2, 0) is 24.4 Å². The lowest BCUT2D eigenvalue weighted by Crippen LogP contribution is -2.48. The van der Waals surface area contributed by atoms with Gasteiger partial charge in [-0.2, -0.15) is 5.10 Å². The molecule has 11 nitrogen and oxygen atoms in total. The first kappa shape index (κ1) is 23.6. The number of carboxylic acid groups (broad SMARTS) is 1. The van der Waals surface area contributed by atoms with E-state index in [1.54, 1.807) is 63.7 Å². The molecule has 0 aliphatic carbocycles. The zero-order chi connectivity index (χ0) is 24.9. The number of hydrogen-bond acceptors (Lipinski definition) is 6. The van der Waals surface area contributed by atoms with Crippen LogP contribution in [0.3, 0.4) is 0 Å². The fourth-order valence-electron chi connectivity index (χ4n) is 4.25. The van der Waals surface area contributed by atoms with E-state index >= 15 is 0 Å². The highest BCUT2D eigenvalue weighted by molar-refractivity contribution is 5.89. The Bertz CT molecular complexity index is 1330. The highest BCUT2D eigenvalue weighted by Gasteiger charge is 2.36. The first-order valence-corrected chi connectivity index (χ1v) is 11.1. The Balaban J connectivity index is 1.80. The molecule has 2 atom stereocenters. The van der Waals surface area contributed by atoms with E-state index in [0.29, 0.717) is 17.6 Å². The van der Waals surface area contributed by atoms with Gasteiger partial charge in [0.2, 0.25) is 0 Å². The van der Waals surface area contributed by atoms with E-state index in [4.69, 9.17) is 4.74 Å². The van der Waals surface area contributed by atoms with Crippen molar-refractivity contribution < 1.29 is 24.5 Å². The van der Waals surface area contributed by atoms with E-state index in [1.807, 2.05) is 0 Å². The number of carboxylic acids is 1. The van der Waals surface area contributed by atoms with Gasteiger partial charge in [-0.3, -0.25) is 18.7 Å². The van der Waals surface area contributed by atoms with E-state index < -0.39 is 29.5 Å². The molecule has 0 saturated carbocycles. The number of aromatic carboxylic acids is 1. The average Bonchev–Trinajstić information content (AvgIpc) is 3.23. The van der Waals surface area contributed by atoms with Crippen molar-refractivity contribution >= 4 is 23.0 Å². The van der Waals surface area contributed by atoms with Crippen LogP contribution in [0.2, 0.25) is 0 Å². The predicted octanol–water partition coefficient (Wildman–Crippen LogP) is 2.21. The number of carbonyl (C=O) groups excluding carboxylic acids is 1. The number of aliphatic hydroxyl groups is 1. The van der Waals surface area contributed by atoms with Crippen molar-refractivity contribution in [1.29, 1.82) is 0 Å². The first-order valence-electron chi connectivity index (χ1n) is 11.1. The number of fused-ring (bicyclic) bond motifs is 2. The Kier molecular flexibility index (Phi) is 5.76. The van der Waals surface area contributed by atoms with Crippen molar-refractivity contribution in [2.75, 3.05) is 0 Å². The molecule has 0 radical (unpaired) electrons. The molecule has 11 heteroatoms. The quantitative estimate of drug-likeness (QED) is 0.596. The van der Waals surface area contributed by atoms with Crippen LogP contribution < -0.4 is 5.69 Å². The lowest BCUT2D eigenvalue weighted by molar-refractivity contribution is 0.00937. The number of aromatic nitrogens is 4. The molecule has 1 aromatic carbocycles. The van der Waals surface area contributed by atoms with Gasteiger partial charge in [0.1, 0.15) is 5.60 Å². The highest BCUT2D eigenvalue weighted by Crippen LogP contribution is 2.26. The molecule has 0 saturated heterocycles. The molecule has 2 aromatic heterocycles. The third-order valence-corrected chi connectivity index (χ3v) is 5.70. The van der Waals surface area contributed by atoms with Gasteiger partial charge in [0, 0.05) is 11.9 Å². The Morgan fingerprint density at radius 2 is 2.00 bits per heavy atom. The van der Waals surface area contributed by atoms with Crippen LogP contribution in [-0.4, -0.2) is 63.8 Å². The summed E-state index contributed by atoms with van der Waals surface area (Å²) in [6, 6.07) is 4.72. The first-order chi connectivity index (χ1) is 15.9. The van der Waals surface area contributed by atoms with E-state index in [1.165, 1.54) is 9.47 Å². The van der Waals surface area contributed by atoms with Gasteiger partial charge in [-0.25, -0.2) is 14.4 Å². The van der Waals surface area contributed by atoms with E-state index in [2.05, 4.69) is 5.10 Å². The molecule has 1 unspecified atom stereocenters. The largest absolute Gasteiger partial charge is 0.477 e. The lowest BCUT2D eigenvalue weighted by Gasteiger charge is -2.35. The summed E-state index contributed by atoms with van der Waals surface area (Å²) in [5.41, 5.74) is -0.0112. The van der Waals surface area contributed by atoms with Crippen molar-refractivity contribution in [3.8, 4) is 5.69 Å². The third-order valence-electron chi connectivity index (χ3n) is 5.70. The molecule has 2 N–H and O–H groups in total. The molecular formula is C23H29N5O6. The zero-order valence-corrected chi connectivity index (χ0v) is 19.8. The minimum atomic E-state index is -1.27. The number of hydrogen-bond donors (Lipinski definition) is 2. The van der Waals surface area contributed by atoms with Crippen molar-refractivity contribution in [3.05, 3.63) is 46.3 Å². The normalized spacial score (nSPS) is 17.0. The summed E-state index contributed by atoms with van der Waals surface area (Å²) in [6.07, 6.45) is 0.460. The molecule has 34 heavy (non-hydrogen) atoms. The number of amides is 1. The summed E-state index contributed by atoms with van der Waals surface area (Å²) in [6.45, 7) is 9.12. The fraction of sp³-hybridized carbons (Fsp3) is 0.478. The second-order valence-corrected chi connectivity index (χ2v) is 9.71.